The van der Waals surface area contributed by atoms with Crippen LogP contribution in [0.25, 0.3) is 88.4 Å². The molecule has 0 spiro atoms. The third kappa shape index (κ3) is 6.32. The number of benzene rings is 8. The Labute approximate surface area is 350 Å². The van der Waals surface area contributed by atoms with Gasteiger partial charge in [0.15, 0.2) is 0 Å². The van der Waals surface area contributed by atoms with E-state index in [9.17, 15) is 23.7 Å². The first-order valence-corrected chi connectivity index (χ1v) is 19.4. The van der Waals surface area contributed by atoms with Gasteiger partial charge in [-0.3, -0.25) is 0 Å². The second-order valence-electron chi connectivity index (χ2n) is 15.0. The third-order valence-electron chi connectivity index (χ3n) is 11.4. The predicted octanol–water partition coefficient (Wildman–Crippen LogP) is 14.7. The Morgan fingerprint density at radius 3 is 1.32 bits per heavy atom. The van der Waals surface area contributed by atoms with Crippen LogP contribution in [0.1, 0.15) is 22.3 Å². The highest BCUT2D eigenvalue weighted by atomic mass is 19.4. The van der Waals surface area contributed by atoms with Crippen LogP contribution in [0.2, 0.25) is 0 Å². The van der Waals surface area contributed by atoms with Gasteiger partial charge in [-0.2, -0.15) is 36.9 Å². The van der Waals surface area contributed by atoms with E-state index < -0.39 is 23.5 Å². The minimum atomic E-state index is -4.94. The molecule has 10 aromatic rings. The minimum absolute atomic E-state index is 0.0302. The van der Waals surface area contributed by atoms with Gasteiger partial charge in [0, 0.05) is 27.1 Å². The summed E-state index contributed by atoms with van der Waals surface area (Å²) in [6, 6.07) is 50.6. The first kappa shape index (κ1) is 38.1. The molecular formula is C52H28F6N4. The molecule has 2 heterocycles. The fourth-order valence-corrected chi connectivity index (χ4v) is 8.56. The fraction of sp³-hybridized carbons (Fsp3) is 0.0385. The van der Waals surface area contributed by atoms with E-state index in [0.29, 0.717) is 49.5 Å². The molecule has 10 rings (SSSR count). The van der Waals surface area contributed by atoms with E-state index in [0.717, 1.165) is 45.7 Å². The fourth-order valence-electron chi connectivity index (χ4n) is 8.56. The van der Waals surface area contributed by atoms with E-state index in [1.807, 2.05) is 48.5 Å². The van der Waals surface area contributed by atoms with Crippen molar-refractivity contribution in [2.24, 2.45) is 0 Å². The van der Waals surface area contributed by atoms with E-state index in [2.05, 4.69) is 12.1 Å². The first-order chi connectivity index (χ1) is 29.9. The number of alkyl halides is 6. The highest BCUT2D eigenvalue weighted by molar-refractivity contribution is 6.12. The second kappa shape index (κ2) is 14.3. The molecule has 0 amide bonds. The van der Waals surface area contributed by atoms with Crippen LogP contribution in [0.15, 0.2) is 170 Å². The van der Waals surface area contributed by atoms with Gasteiger partial charge in [-0.25, -0.2) is 0 Å². The Kier molecular flexibility index (Phi) is 8.79. The van der Waals surface area contributed by atoms with Gasteiger partial charge in [-0.05, 0) is 101 Å². The summed E-state index contributed by atoms with van der Waals surface area (Å²) in [5, 5.41) is 21.6. The van der Waals surface area contributed by atoms with Gasteiger partial charge in [0.1, 0.15) is 0 Å². The Morgan fingerprint density at radius 2 is 0.839 bits per heavy atom. The van der Waals surface area contributed by atoms with Crippen LogP contribution < -0.4 is 0 Å². The smallest absolute Gasteiger partial charge is 0.309 e. The van der Waals surface area contributed by atoms with Crippen molar-refractivity contribution in [1.29, 1.82) is 10.5 Å². The average molecular weight is 823 g/mol. The van der Waals surface area contributed by atoms with E-state index >= 15 is 13.2 Å². The maximum atomic E-state index is 16.0. The molecule has 62 heavy (non-hydrogen) atoms. The van der Waals surface area contributed by atoms with E-state index in [1.165, 1.54) is 22.8 Å². The minimum Gasteiger partial charge on any atom is -0.309 e. The average Bonchev–Trinajstić information content (AvgIpc) is 3.80. The maximum absolute atomic E-state index is 16.0. The molecule has 0 aliphatic rings. The van der Waals surface area contributed by atoms with Crippen molar-refractivity contribution >= 4 is 43.6 Å². The molecule has 0 saturated carbocycles. The quantitative estimate of drug-likeness (QED) is 0.162. The lowest BCUT2D eigenvalue weighted by Crippen LogP contribution is -2.13. The standard InChI is InChI=1S/C52H28F6N4/c53-51(54,55)38-7-5-6-37(24-38)43-27-50(62-46-11-4-2-9-40(46)42-23-21-36(26-48(42)62)34-18-14-32(30-60)15-19-34)44(52(56,57)58)28-49(43)61-45-10-3-1-8-39(45)41-22-20-35(25-47(41)61)33-16-12-31(29-59)13-17-33/h1-28H. The molecule has 4 nitrogen and oxygen atoms in total. The molecule has 8 aromatic carbocycles. The lowest BCUT2D eigenvalue weighted by Gasteiger charge is -2.22. The Bertz CT molecular complexity index is 3500. The number of hydrogen-bond acceptors (Lipinski definition) is 2. The van der Waals surface area contributed by atoms with Gasteiger partial charge >= 0.3 is 12.4 Å². The third-order valence-corrected chi connectivity index (χ3v) is 11.4. The topological polar surface area (TPSA) is 57.4 Å². The van der Waals surface area contributed by atoms with E-state index in [4.69, 9.17) is 0 Å². The zero-order valence-electron chi connectivity index (χ0n) is 32.2. The summed E-state index contributed by atoms with van der Waals surface area (Å²) in [5.41, 5.74) is 3.87. The van der Waals surface area contributed by atoms with Crippen LogP contribution in [0.5, 0.6) is 0 Å². The van der Waals surface area contributed by atoms with Crippen LogP contribution in [0.4, 0.5) is 26.3 Å². The van der Waals surface area contributed by atoms with Crippen molar-refractivity contribution in [2.45, 2.75) is 12.4 Å². The number of fused-ring (bicyclic) bond motifs is 6. The number of nitrogens with zero attached hydrogens (tertiary/aromatic N) is 4. The molecular weight excluding hydrogens is 795 g/mol. The number of hydrogen-bond donors (Lipinski definition) is 0. The van der Waals surface area contributed by atoms with Crippen LogP contribution in [-0.4, -0.2) is 9.13 Å². The molecule has 0 unspecified atom stereocenters. The molecule has 0 radical (unpaired) electrons. The molecule has 0 atom stereocenters. The lowest BCUT2D eigenvalue weighted by atomic mass is 9.96. The normalized spacial score (nSPS) is 12.0. The molecule has 2 aromatic heterocycles. The van der Waals surface area contributed by atoms with Gasteiger partial charge in [0.2, 0.25) is 0 Å². The van der Waals surface area contributed by atoms with Gasteiger partial charge in [0.25, 0.3) is 0 Å². The molecule has 298 valence electrons. The number of para-hydroxylation sites is 2. The summed E-state index contributed by atoms with van der Waals surface area (Å²) < 4.78 is 94.5. The maximum Gasteiger partial charge on any atom is 0.418 e. The summed E-state index contributed by atoms with van der Waals surface area (Å²) in [7, 11) is 0. The zero-order chi connectivity index (χ0) is 42.9. The molecule has 0 bridgehead atoms. The van der Waals surface area contributed by atoms with Crippen LogP contribution in [0, 0.1) is 22.7 Å². The van der Waals surface area contributed by atoms with Crippen molar-refractivity contribution in [2.75, 3.05) is 0 Å². The first-order valence-electron chi connectivity index (χ1n) is 19.4. The molecule has 0 aliphatic heterocycles. The van der Waals surface area contributed by atoms with E-state index in [1.54, 1.807) is 89.5 Å². The number of rotatable bonds is 5. The predicted molar refractivity (Wildman–Crippen MR) is 231 cm³/mol. The van der Waals surface area contributed by atoms with Gasteiger partial charge in [-0.15, -0.1) is 0 Å². The van der Waals surface area contributed by atoms with Crippen molar-refractivity contribution < 1.29 is 26.3 Å². The van der Waals surface area contributed by atoms with Gasteiger partial charge in [-0.1, -0.05) is 97.1 Å². The largest absolute Gasteiger partial charge is 0.418 e. The lowest BCUT2D eigenvalue weighted by molar-refractivity contribution is -0.138. The highest BCUT2D eigenvalue weighted by Gasteiger charge is 2.37. The monoisotopic (exact) mass is 822 g/mol. The highest BCUT2D eigenvalue weighted by Crippen LogP contribution is 2.46. The number of aromatic nitrogens is 2. The van der Waals surface area contributed by atoms with Crippen LogP contribution in [-0.2, 0) is 12.4 Å². The SMILES string of the molecule is N#Cc1ccc(-c2ccc3c4ccccc4n(-c4cc(C(F)(F)F)c(-n5c6ccccc6c6ccc(-c7ccc(C#N)cc7)cc65)cc4-c4cccc(C(F)(F)F)c4)c3c2)cc1. The summed E-state index contributed by atoms with van der Waals surface area (Å²) in [6.07, 6.45) is -9.67. The van der Waals surface area contributed by atoms with Gasteiger partial charge in [0.05, 0.1) is 67.8 Å². The molecule has 10 heteroatoms. The Morgan fingerprint density at radius 1 is 0.371 bits per heavy atom. The summed E-state index contributed by atoms with van der Waals surface area (Å²) in [5.74, 6) is 0. The van der Waals surface area contributed by atoms with Crippen LogP contribution in [0.3, 0.4) is 0 Å². The summed E-state index contributed by atoms with van der Waals surface area (Å²) in [6.45, 7) is 0. The van der Waals surface area contributed by atoms with Crippen molar-refractivity contribution in [3.8, 4) is 56.9 Å². The molecule has 0 fully saturated rings. The summed E-state index contributed by atoms with van der Waals surface area (Å²) >= 11 is 0. The van der Waals surface area contributed by atoms with Crippen molar-refractivity contribution in [3.05, 3.63) is 192 Å². The van der Waals surface area contributed by atoms with Crippen molar-refractivity contribution in [1.82, 2.24) is 9.13 Å². The second-order valence-corrected chi connectivity index (χ2v) is 15.0. The zero-order valence-corrected chi connectivity index (χ0v) is 32.2. The van der Waals surface area contributed by atoms with Crippen LogP contribution >= 0.6 is 0 Å². The Balaban J connectivity index is 1.33. The van der Waals surface area contributed by atoms with Gasteiger partial charge < -0.3 is 9.13 Å². The van der Waals surface area contributed by atoms with E-state index in [-0.39, 0.29) is 22.5 Å². The van der Waals surface area contributed by atoms with Crippen molar-refractivity contribution in [3.63, 3.8) is 0 Å². The Hall–Kier alpha value is -8.08. The number of halogens is 6. The molecule has 0 saturated heterocycles. The summed E-state index contributed by atoms with van der Waals surface area (Å²) in [4.78, 5) is 0. The molecule has 0 N–H and O–H groups in total. The molecule has 0 aliphatic carbocycles. The number of nitriles is 2.